The van der Waals surface area contributed by atoms with Crippen molar-refractivity contribution in [1.82, 2.24) is 0 Å². The van der Waals surface area contributed by atoms with Crippen molar-refractivity contribution in [2.24, 2.45) is 5.92 Å². The van der Waals surface area contributed by atoms with E-state index in [0.29, 0.717) is 12.2 Å². The molecule has 156 valence electrons. The summed E-state index contributed by atoms with van der Waals surface area (Å²) in [6.07, 6.45) is 2.65. The summed E-state index contributed by atoms with van der Waals surface area (Å²) in [5, 5.41) is 0. The van der Waals surface area contributed by atoms with E-state index in [2.05, 4.69) is 37.6 Å². The maximum atomic E-state index is 14.5. The van der Waals surface area contributed by atoms with Crippen LogP contribution in [0.4, 0.5) is 15.8 Å². The Hall–Kier alpha value is -2.41. The van der Waals surface area contributed by atoms with E-state index in [0.717, 1.165) is 24.7 Å². The molecular weight excluding hydrogens is 391 g/mol. The SMILES string of the molecule is CC(C)(C)c1ccc(CN(C(=O)C2CC2)c2ccc(NS(C)(=O)=O)c(F)c2)cc1. The predicted molar refractivity (Wildman–Crippen MR) is 114 cm³/mol. The first-order chi connectivity index (χ1) is 13.4. The molecule has 0 radical (unpaired) electrons. The van der Waals surface area contributed by atoms with Crippen molar-refractivity contribution >= 4 is 27.3 Å². The van der Waals surface area contributed by atoms with Crippen LogP contribution in [0.15, 0.2) is 42.5 Å². The van der Waals surface area contributed by atoms with E-state index in [-0.39, 0.29) is 22.9 Å². The zero-order chi connectivity index (χ0) is 21.4. The van der Waals surface area contributed by atoms with Crippen molar-refractivity contribution < 1.29 is 17.6 Å². The van der Waals surface area contributed by atoms with Crippen molar-refractivity contribution in [3.63, 3.8) is 0 Å². The number of anilines is 2. The van der Waals surface area contributed by atoms with E-state index >= 15 is 0 Å². The Bertz CT molecular complexity index is 1010. The second-order valence-corrected chi connectivity index (χ2v) is 10.4. The molecule has 1 fully saturated rings. The van der Waals surface area contributed by atoms with Gasteiger partial charge in [0.15, 0.2) is 0 Å². The van der Waals surface area contributed by atoms with Crippen molar-refractivity contribution in [2.45, 2.75) is 45.6 Å². The first kappa shape index (κ1) is 21.3. The smallest absolute Gasteiger partial charge is 0.230 e. The topological polar surface area (TPSA) is 66.5 Å². The maximum Gasteiger partial charge on any atom is 0.230 e. The van der Waals surface area contributed by atoms with E-state index in [1.54, 1.807) is 11.0 Å². The molecule has 0 heterocycles. The highest BCUT2D eigenvalue weighted by Crippen LogP contribution is 2.34. The molecule has 2 aromatic carbocycles. The van der Waals surface area contributed by atoms with Crippen LogP contribution in [0.25, 0.3) is 0 Å². The number of sulfonamides is 1. The van der Waals surface area contributed by atoms with E-state index in [1.165, 1.54) is 17.7 Å². The fourth-order valence-corrected chi connectivity index (χ4v) is 3.66. The lowest BCUT2D eigenvalue weighted by Gasteiger charge is -2.24. The number of hydrogen-bond acceptors (Lipinski definition) is 3. The summed E-state index contributed by atoms with van der Waals surface area (Å²) in [5.74, 6) is -0.779. The lowest BCUT2D eigenvalue weighted by Crippen LogP contribution is -2.31. The first-order valence-corrected chi connectivity index (χ1v) is 11.5. The summed E-state index contributed by atoms with van der Waals surface area (Å²) >= 11 is 0. The molecule has 0 spiro atoms. The van der Waals surface area contributed by atoms with Crippen LogP contribution in [0.2, 0.25) is 0 Å². The molecule has 1 saturated carbocycles. The van der Waals surface area contributed by atoms with Gasteiger partial charge in [0, 0.05) is 11.6 Å². The molecule has 1 amide bonds. The van der Waals surface area contributed by atoms with Crippen LogP contribution in [-0.4, -0.2) is 20.6 Å². The zero-order valence-electron chi connectivity index (χ0n) is 17.2. The molecule has 0 aromatic heterocycles. The predicted octanol–water partition coefficient (Wildman–Crippen LogP) is 4.44. The Labute approximate surface area is 172 Å². The third-order valence-corrected chi connectivity index (χ3v) is 5.50. The largest absolute Gasteiger partial charge is 0.308 e. The summed E-state index contributed by atoms with van der Waals surface area (Å²) in [6.45, 7) is 6.75. The fraction of sp³-hybridized carbons (Fsp3) is 0.409. The molecule has 1 N–H and O–H groups in total. The number of nitrogens with zero attached hydrogens (tertiary/aromatic N) is 1. The Balaban J connectivity index is 1.88. The summed E-state index contributed by atoms with van der Waals surface area (Å²) in [5.41, 5.74) is 2.46. The van der Waals surface area contributed by atoms with Crippen molar-refractivity contribution in [3.05, 3.63) is 59.4 Å². The highest BCUT2D eigenvalue weighted by molar-refractivity contribution is 7.92. The summed E-state index contributed by atoms with van der Waals surface area (Å²) < 4.78 is 39.4. The Kier molecular flexibility index (Phi) is 5.72. The van der Waals surface area contributed by atoms with Gasteiger partial charge in [-0.3, -0.25) is 9.52 Å². The van der Waals surface area contributed by atoms with E-state index in [4.69, 9.17) is 0 Å². The van der Waals surface area contributed by atoms with E-state index < -0.39 is 15.8 Å². The van der Waals surface area contributed by atoms with Gasteiger partial charge in [-0.15, -0.1) is 0 Å². The molecule has 0 atom stereocenters. The molecule has 0 unspecified atom stereocenters. The average Bonchev–Trinajstić information content (AvgIpc) is 3.45. The molecular formula is C22H27FN2O3S. The Morgan fingerprint density at radius 2 is 1.76 bits per heavy atom. The molecule has 5 nitrogen and oxygen atoms in total. The average molecular weight is 419 g/mol. The monoisotopic (exact) mass is 418 g/mol. The fourth-order valence-electron chi connectivity index (χ4n) is 3.09. The normalized spacial score (nSPS) is 14.5. The van der Waals surface area contributed by atoms with Crippen molar-refractivity contribution in [2.75, 3.05) is 15.9 Å². The molecule has 7 heteroatoms. The molecule has 2 aromatic rings. The van der Waals surface area contributed by atoms with Gasteiger partial charge < -0.3 is 4.90 Å². The van der Waals surface area contributed by atoms with Crippen LogP contribution in [0.3, 0.4) is 0 Å². The molecule has 3 rings (SSSR count). The van der Waals surface area contributed by atoms with E-state index in [9.17, 15) is 17.6 Å². The van der Waals surface area contributed by atoms with Crippen molar-refractivity contribution in [1.29, 1.82) is 0 Å². The Morgan fingerprint density at radius 3 is 2.24 bits per heavy atom. The second-order valence-electron chi connectivity index (χ2n) is 8.68. The number of halogens is 1. The molecule has 1 aliphatic carbocycles. The van der Waals surface area contributed by atoms with Crippen molar-refractivity contribution in [3.8, 4) is 0 Å². The van der Waals surface area contributed by atoms with Gasteiger partial charge in [0.05, 0.1) is 18.5 Å². The van der Waals surface area contributed by atoms with Crippen LogP contribution in [0, 0.1) is 11.7 Å². The van der Waals surface area contributed by atoms with Crippen LogP contribution in [-0.2, 0) is 26.8 Å². The summed E-state index contributed by atoms with van der Waals surface area (Å²) in [4.78, 5) is 14.4. The van der Waals surface area contributed by atoms with Gasteiger partial charge in [-0.05, 0) is 47.6 Å². The molecule has 0 saturated heterocycles. The molecule has 1 aliphatic rings. The maximum absolute atomic E-state index is 14.5. The van der Waals surface area contributed by atoms with Crippen LogP contribution in [0.1, 0.15) is 44.7 Å². The van der Waals surface area contributed by atoms with Crippen LogP contribution < -0.4 is 9.62 Å². The third kappa shape index (κ3) is 5.56. The van der Waals surface area contributed by atoms with Gasteiger partial charge in [-0.2, -0.15) is 0 Å². The molecule has 29 heavy (non-hydrogen) atoms. The van der Waals surface area contributed by atoms with Crippen LogP contribution >= 0.6 is 0 Å². The van der Waals surface area contributed by atoms with Gasteiger partial charge in [-0.1, -0.05) is 45.0 Å². The van der Waals surface area contributed by atoms with Crippen LogP contribution in [0.5, 0.6) is 0 Å². The number of nitrogens with one attached hydrogen (secondary N) is 1. The van der Waals surface area contributed by atoms with Gasteiger partial charge in [-0.25, -0.2) is 12.8 Å². The number of carbonyl (C=O) groups excluding carboxylic acids is 1. The number of rotatable bonds is 6. The van der Waals surface area contributed by atoms with Gasteiger partial charge in [0.25, 0.3) is 0 Å². The summed E-state index contributed by atoms with van der Waals surface area (Å²) in [7, 11) is -3.59. The quantitative estimate of drug-likeness (QED) is 0.754. The molecule has 0 bridgehead atoms. The standard InChI is InChI=1S/C22H27FN2O3S/c1-22(2,3)17-9-5-15(6-10-17)14-25(21(26)16-7-8-16)18-11-12-20(19(23)13-18)24-29(4,27)28/h5-6,9-13,16,24H,7-8,14H2,1-4H3. The highest BCUT2D eigenvalue weighted by Gasteiger charge is 2.34. The number of carbonyl (C=O) groups is 1. The minimum Gasteiger partial charge on any atom is -0.308 e. The van der Waals surface area contributed by atoms with Gasteiger partial charge >= 0.3 is 0 Å². The number of amides is 1. The minimum absolute atomic E-state index is 0.0271. The summed E-state index contributed by atoms with van der Waals surface area (Å²) in [6, 6.07) is 12.2. The number of hydrogen-bond donors (Lipinski definition) is 1. The number of benzene rings is 2. The lowest BCUT2D eigenvalue weighted by atomic mass is 9.87. The van der Waals surface area contributed by atoms with E-state index in [1.807, 2.05) is 12.1 Å². The molecule has 0 aliphatic heterocycles. The first-order valence-electron chi connectivity index (χ1n) is 9.62. The highest BCUT2D eigenvalue weighted by atomic mass is 32.2. The third-order valence-electron chi connectivity index (χ3n) is 4.91. The van der Waals surface area contributed by atoms with Gasteiger partial charge in [0.2, 0.25) is 15.9 Å². The lowest BCUT2D eigenvalue weighted by molar-refractivity contribution is -0.119. The van der Waals surface area contributed by atoms with Gasteiger partial charge in [0.1, 0.15) is 5.82 Å². The zero-order valence-corrected chi connectivity index (χ0v) is 18.0. The second kappa shape index (κ2) is 7.78. The Morgan fingerprint density at radius 1 is 1.14 bits per heavy atom. The minimum atomic E-state index is -3.59.